The number of anilines is 2. The molecule has 0 radical (unpaired) electrons. The molecular weight excluding hydrogens is 510 g/mol. The first kappa shape index (κ1) is 26.9. The van der Waals surface area contributed by atoms with E-state index in [0.29, 0.717) is 5.56 Å². The number of aromatic amines is 1. The third-order valence-corrected chi connectivity index (χ3v) is 6.16. The molecule has 9 nitrogen and oxygen atoms in total. The van der Waals surface area contributed by atoms with Gasteiger partial charge in [0.2, 0.25) is 5.91 Å². The van der Waals surface area contributed by atoms with Crippen molar-refractivity contribution in [3.63, 3.8) is 0 Å². The fourth-order valence-corrected chi connectivity index (χ4v) is 4.12. The number of carbonyl (C=O) groups excluding carboxylic acids is 2. The maximum absolute atomic E-state index is 14.7. The number of H-pyrrole nitrogens is 1. The minimum Gasteiger partial charge on any atom is -0.380 e. The van der Waals surface area contributed by atoms with Crippen LogP contribution in [0.4, 0.5) is 28.9 Å². The number of ketones is 1. The van der Waals surface area contributed by atoms with Crippen LogP contribution in [0.25, 0.3) is 0 Å². The van der Waals surface area contributed by atoms with Crippen molar-refractivity contribution < 1.29 is 31.9 Å². The number of carbonyl (C=O) groups is 2. The van der Waals surface area contributed by atoms with E-state index in [4.69, 9.17) is 4.74 Å². The number of aromatic nitrogens is 3. The fourth-order valence-electron chi connectivity index (χ4n) is 4.12. The number of ether oxygens (including phenoxy) is 1. The number of pyridine rings is 1. The van der Waals surface area contributed by atoms with E-state index < -0.39 is 40.2 Å². The minimum atomic E-state index is -4.61. The largest absolute Gasteiger partial charge is 0.418 e. The summed E-state index contributed by atoms with van der Waals surface area (Å²) in [7, 11) is 0. The lowest BCUT2D eigenvalue weighted by molar-refractivity contribution is -0.137. The van der Waals surface area contributed by atoms with Crippen LogP contribution in [-0.4, -0.2) is 40.1 Å². The highest BCUT2D eigenvalue weighted by Crippen LogP contribution is 2.37. The van der Waals surface area contributed by atoms with Crippen LogP contribution in [0.3, 0.4) is 0 Å². The van der Waals surface area contributed by atoms with Crippen LogP contribution < -0.4 is 16.2 Å². The lowest BCUT2D eigenvalue weighted by atomic mass is 9.80. The Hall–Kier alpha value is -4.13. The Morgan fingerprint density at radius 2 is 1.97 bits per heavy atom. The van der Waals surface area contributed by atoms with Crippen molar-refractivity contribution in [2.45, 2.75) is 32.5 Å². The normalized spacial score (nSPS) is 17.3. The first-order valence-electron chi connectivity index (χ1n) is 11.5. The van der Waals surface area contributed by atoms with E-state index in [-0.39, 0.29) is 55.2 Å². The first-order chi connectivity index (χ1) is 18.0. The third-order valence-electron chi connectivity index (χ3n) is 6.16. The van der Waals surface area contributed by atoms with Crippen LogP contribution in [0.15, 0.2) is 47.5 Å². The number of nitrogens with zero attached hydrogens (tertiary/aromatic N) is 2. The van der Waals surface area contributed by atoms with E-state index >= 15 is 0 Å². The van der Waals surface area contributed by atoms with Crippen molar-refractivity contribution in [2.75, 3.05) is 18.5 Å². The van der Waals surface area contributed by atoms with Gasteiger partial charge in [-0.3, -0.25) is 19.4 Å². The number of amides is 1. The average Bonchev–Trinajstić information content (AvgIpc) is 3.33. The second-order valence-electron chi connectivity index (χ2n) is 9.02. The van der Waals surface area contributed by atoms with Gasteiger partial charge in [0.15, 0.2) is 5.78 Å². The summed E-state index contributed by atoms with van der Waals surface area (Å²) in [5, 5.41) is 10.9. The molecule has 3 N–H and O–H groups in total. The lowest BCUT2D eigenvalue weighted by Gasteiger charge is -2.25. The Morgan fingerprint density at radius 3 is 2.63 bits per heavy atom. The highest BCUT2D eigenvalue weighted by molar-refractivity contribution is 5.99. The molecule has 200 valence electrons. The summed E-state index contributed by atoms with van der Waals surface area (Å²) in [6.45, 7) is 1.39. The fraction of sp³-hybridized carbons (Fsp3) is 0.320. The van der Waals surface area contributed by atoms with Gasteiger partial charge in [-0.1, -0.05) is 11.6 Å². The van der Waals surface area contributed by atoms with Crippen molar-refractivity contribution in [2.24, 2.45) is 5.41 Å². The van der Waals surface area contributed by atoms with Gasteiger partial charge in [-0.25, -0.2) is 9.49 Å². The molecule has 4 rings (SSSR count). The van der Waals surface area contributed by atoms with Crippen molar-refractivity contribution in [1.29, 1.82) is 0 Å². The number of halogens is 4. The van der Waals surface area contributed by atoms with E-state index in [1.165, 1.54) is 25.3 Å². The molecule has 1 fully saturated rings. The van der Waals surface area contributed by atoms with Gasteiger partial charge in [-0.2, -0.15) is 18.3 Å². The van der Waals surface area contributed by atoms with Gasteiger partial charge >= 0.3 is 6.18 Å². The first-order valence-corrected chi connectivity index (χ1v) is 11.5. The summed E-state index contributed by atoms with van der Waals surface area (Å²) in [6, 6.07) is 5.78. The van der Waals surface area contributed by atoms with Gasteiger partial charge in [0, 0.05) is 30.7 Å². The highest BCUT2D eigenvalue weighted by atomic mass is 19.4. The summed E-state index contributed by atoms with van der Waals surface area (Å²) >= 11 is 0. The van der Waals surface area contributed by atoms with Crippen molar-refractivity contribution in [3.05, 3.63) is 81.3 Å². The zero-order valence-electron chi connectivity index (χ0n) is 20.1. The second kappa shape index (κ2) is 10.7. The van der Waals surface area contributed by atoms with E-state index in [2.05, 4.69) is 25.8 Å². The average molecular weight is 533 g/mol. The molecule has 3 aromatic rings. The molecule has 38 heavy (non-hydrogen) atoms. The summed E-state index contributed by atoms with van der Waals surface area (Å²) in [5.74, 6) is -1.88. The molecule has 13 heteroatoms. The Labute approximate surface area is 213 Å². The SMILES string of the molecule is Cc1ccc(Nc2cnc(CNC(=O)[C@]3(CC(=O)c4cn[nH]c(=O)c4)CCOC3)c(F)c2)c(C(F)(F)F)c1. The maximum Gasteiger partial charge on any atom is 0.418 e. The number of benzene rings is 1. The van der Waals surface area contributed by atoms with Crippen LogP contribution in [0.5, 0.6) is 0 Å². The number of aryl methyl sites for hydroxylation is 1. The monoisotopic (exact) mass is 533 g/mol. The zero-order valence-corrected chi connectivity index (χ0v) is 20.1. The third kappa shape index (κ3) is 6.05. The topological polar surface area (TPSA) is 126 Å². The molecule has 0 spiro atoms. The van der Waals surface area contributed by atoms with Crippen LogP contribution in [0, 0.1) is 18.2 Å². The minimum absolute atomic E-state index is 0.00959. The molecule has 1 atom stereocenters. The molecule has 0 saturated carbocycles. The Kier molecular flexibility index (Phi) is 7.58. The predicted molar refractivity (Wildman–Crippen MR) is 127 cm³/mol. The summed E-state index contributed by atoms with van der Waals surface area (Å²) in [6.07, 6.45) is -2.28. The molecule has 1 aliphatic rings. The second-order valence-corrected chi connectivity index (χ2v) is 9.02. The molecule has 2 aromatic heterocycles. The Bertz CT molecular complexity index is 1420. The molecule has 1 aromatic carbocycles. The highest BCUT2D eigenvalue weighted by Gasteiger charge is 2.44. The smallest absolute Gasteiger partial charge is 0.380 e. The summed E-state index contributed by atoms with van der Waals surface area (Å²) in [5.41, 5.74) is -2.64. The number of alkyl halides is 3. The van der Waals surface area contributed by atoms with Crippen LogP contribution >= 0.6 is 0 Å². The van der Waals surface area contributed by atoms with Crippen molar-refractivity contribution in [3.8, 4) is 0 Å². The molecular formula is C25H23F4N5O4. The van der Waals surface area contributed by atoms with E-state index in [0.717, 1.165) is 24.4 Å². The molecule has 0 unspecified atom stereocenters. The van der Waals surface area contributed by atoms with Gasteiger partial charge in [0.25, 0.3) is 5.56 Å². The van der Waals surface area contributed by atoms with E-state index in [1.54, 1.807) is 0 Å². The molecule has 1 amide bonds. The number of Topliss-reactive ketones (excluding diaryl/α,β-unsaturated/α-hetero) is 1. The van der Waals surface area contributed by atoms with Gasteiger partial charge in [-0.05, 0) is 25.5 Å². The van der Waals surface area contributed by atoms with E-state index in [9.17, 15) is 31.9 Å². The van der Waals surface area contributed by atoms with Crippen molar-refractivity contribution >= 4 is 23.1 Å². The lowest BCUT2D eigenvalue weighted by Crippen LogP contribution is -2.43. The van der Waals surface area contributed by atoms with Crippen molar-refractivity contribution in [1.82, 2.24) is 20.5 Å². The number of hydrogen-bond acceptors (Lipinski definition) is 7. The Balaban J connectivity index is 1.45. The van der Waals surface area contributed by atoms with Gasteiger partial charge in [-0.15, -0.1) is 0 Å². The summed E-state index contributed by atoms with van der Waals surface area (Å²) < 4.78 is 60.3. The van der Waals surface area contributed by atoms with Crippen LogP contribution in [0.1, 0.15) is 40.0 Å². The van der Waals surface area contributed by atoms with Crippen LogP contribution in [0.2, 0.25) is 0 Å². The molecule has 0 bridgehead atoms. The quantitative estimate of drug-likeness (QED) is 0.298. The standard InChI is InChI=1S/C25H23F4N5O4/c1-14-2-3-19(17(6-14)25(27,28)29)33-16-8-18(26)20(30-11-16)12-31-23(37)24(4-5-38-13-24)9-21(35)15-7-22(36)34-32-10-15/h2-3,6-8,10-11,33H,4-5,9,12-13H2,1H3,(H,31,37)(H,34,36)/t24-/m0/s1. The van der Waals surface area contributed by atoms with Gasteiger partial charge in [0.1, 0.15) is 5.82 Å². The molecule has 3 heterocycles. The van der Waals surface area contributed by atoms with Crippen LogP contribution in [-0.2, 0) is 22.3 Å². The zero-order chi connectivity index (χ0) is 27.5. The molecule has 1 aliphatic heterocycles. The maximum atomic E-state index is 14.7. The summed E-state index contributed by atoms with van der Waals surface area (Å²) in [4.78, 5) is 41.2. The van der Waals surface area contributed by atoms with E-state index in [1.807, 2.05) is 0 Å². The number of rotatable bonds is 8. The number of hydrogen-bond donors (Lipinski definition) is 3. The van der Waals surface area contributed by atoms with Gasteiger partial charge < -0.3 is 15.4 Å². The number of nitrogens with one attached hydrogen (secondary N) is 3. The molecule has 0 aliphatic carbocycles. The molecule has 1 saturated heterocycles. The Morgan fingerprint density at radius 1 is 1.18 bits per heavy atom. The predicted octanol–water partition coefficient (Wildman–Crippen LogP) is 3.67. The van der Waals surface area contributed by atoms with Gasteiger partial charge in [0.05, 0.1) is 53.6 Å².